The van der Waals surface area contributed by atoms with Crippen LogP contribution in [0.5, 0.6) is 0 Å². The second-order valence-corrected chi connectivity index (χ2v) is 5.53. The van der Waals surface area contributed by atoms with Gasteiger partial charge in [-0.05, 0) is 39.9 Å². The lowest BCUT2D eigenvalue weighted by Gasteiger charge is -2.18. The molecule has 0 saturated heterocycles. The third-order valence-corrected chi connectivity index (χ3v) is 3.36. The van der Waals surface area contributed by atoms with E-state index < -0.39 is 6.04 Å². The minimum atomic E-state index is -0.429. The number of carbonyl (C=O) groups is 1. The van der Waals surface area contributed by atoms with Crippen LogP contribution in [-0.2, 0) is 11.3 Å². The van der Waals surface area contributed by atoms with Crippen molar-refractivity contribution in [2.24, 2.45) is 5.73 Å². The van der Waals surface area contributed by atoms with Crippen LogP contribution in [0.2, 0.25) is 0 Å². The van der Waals surface area contributed by atoms with Gasteiger partial charge < -0.3 is 10.6 Å². The Balaban J connectivity index is 0.00000196. The van der Waals surface area contributed by atoms with Crippen molar-refractivity contribution in [3.63, 3.8) is 0 Å². The SMILES string of the molecule is CC(N)C(=O)N(C)Cc1csc(Br)c1.Cl. The first-order valence-corrected chi connectivity index (χ1v) is 5.91. The van der Waals surface area contributed by atoms with Crippen LogP contribution >= 0.6 is 39.7 Å². The maximum Gasteiger partial charge on any atom is 0.239 e. The highest BCUT2D eigenvalue weighted by Gasteiger charge is 2.13. The van der Waals surface area contributed by atoms with E-state index in [9.17, 15) is 4.79 Å². The van der Waals surface area contributed by atoms with E-state index >= 15 is 0 Å². The van der Waals surface area contributed by atoms with Crippen LogP contribution in [0.4, 0.5) is 0 Å². The zero-order valence-electron chi connectivity index (χ0n) is 8.57. The summed E-state index contributed by atoms with van der Waals surface area (Å²) < 4.78 is 1.08. The van der Waals surface area contributed by atoms with Gasteiger partial charge in [-0.25, -0.2) is 0 Å². The number of nitrogens with zero attached hydrogens (tertiary/aromatic N) is 1. The van der Waals surface area contributed by atoms with Gasteiger partial charge in [-0.3, -0.25) is 4.79 Å². The molecule has 86 valence electrons. The topological polar surface area (TPSA) is 46.3 Å². The summed E-state index contributed by atoms with van der Waals surface area (Å²) in [5.41, 5.74) is 6.62. The standard InChI is InChI=1S/C9H13BrN2OS.ClH/c1-6(11)9(13)12(2)4-7-3-8(10)14-5-7;/h3,5-6H,4,11H2,1-2H3;1H. The second-order valence-electron chi connectivity index (χ2n) is 3.24. The molecular formula is C9H14BrClN2OS. The normalized spacial score (nSPS) is 11.7. The van der Waals surface area contributed by atoms with E-state index in [1.54, 1.807) is 30.2 Å². The third-order valence-electron chi connectivity index (χ3n) is 1.81. The Kier molecular flexibility index (Phi) is 6.43. The quantitative estimate of drug-likeness (QED) is 0.930. The van der Waals surface area contributed by atoms with Gasteiger partial charge >= 0.3 is 0 Å². The molecule has 1 rings (SSSR count). The summed E-state index contributed by atoms with van der Waals surface area (Å²) in [4.78, 5) is 13.1. The molecule has 0 aliphatic rings. The molecule has 1 amide bonds. The molecule has 0 radical (unpaired) electrons. The highest BCUT2D eigenvalue weighted by molar-refractivity contribution is 9.11. The lowest BCUT2D eigenvalue weighted by Crippen LogP contribution is -2.39. The summed E-state index contributed by atoms with van der Waals surface area (Å²) in [5, 5.41) is 2.02. The summed E-state index contributed by atoms with van der Waals surface area (Å²) >= 11 is 4.99. The van der Waals surface area contributed by atoms with Gasteiger partial charge in [-0.2, -0.15) is 0 Å². The van der Waals surface area contributed by atoms with Crippen LogP contribution in [-0.4, -0.2) is 23.9 Å². The smallest absolute Gasteiger partial charge is 0.239 e. The molecule has 0 aliphatic heterocycles. The molecular weight excluding hydrogens is 300 g/mol. The van der Waals surface area contributed by atoms with Crippen molar-refractivity contribution < 1.29 is 4.79 Å². The number of nitrogens with two attached hydrogens (primary N) is 1. The molecule has 1 unspecified atom stereocenters. The number of hydrogen-bond acceptors (Lipinski definition) is 3. The number of thiophene rings is 1. The Morgan fingerprint density at radius 3 is 2.73 bits per heavy atom. The summed E-state index contributed by atoms with van der Waals surface area (Å²) in [6.45, 7) is 2.31. The highest BCUT2D eigenvalue weighted by atomic mass is 79.9. The average molecular weight is 314 g/mol. The fraction of sp³-hybridized carbons (Fsp3) is 0.444. The van der Waals surface area contributed by atoms with E-state index in [2.05, 4.69) is 15.9 Å². The number of carbonyl (C=O) groups excluding carboxylic acids is 1. The molecule has 0 aliphatic carbocycles. The molecule has 3 nitrogen and oxygen atoms in total. The first-order chi connectivity index (χ1) is 6.50. The lowest BCUT2D eigenvalue weighted by molar-refractivity contribution is -0.131. The van der Waals surface area contributed by atoms with Gasteiger partial charge in [0.1, 0.15) is 0 Å². The van der Waals surface area contributed by atoms with Crippen LogP contribution in [0.1, 0.15) is 12.5 Å². The second kappa shape index (κ2) is 6.48. The van der Waals surface area contributed by atoms with Gasteiger partial charge in [-0.1, -0.05) is 0 Å². The van der Waals surface area contributed by atoms with Crippen molar-refractivity contribution in [3.8, 4) is 0 Å². The maximum absolute atomic E-state index is 11.4. The first kappa shape index (κ1) is 14.9. The molecule has 2 N–H and O–H groups in total. The molecule has 15 heavy (non-hydrogen) atoms. The molecule has 0 aromatic carbocycles. The predicted molar refractivity (Wildman–Crippen MR) is 69.4 cm³/mol. The van der Waals surface area contributed by atoms with Gasteiger partial charge in [0.25, 0.3) is 0 Å². The van der Waals surface area contributed by atoms with E-state index in [4.69, 9.17) is 5.73 Å². The van der Waals surface area contributed by atoms with Crippen molar-refractivity contribution in [2.45, 2.75) is 19.5 Å². The van der Waals surface area contributed by atoms with E-state index in [1.165, 1.54) is 0 Å². The monoisotopic (exact) mass is 312 g/mol. The Hall–Kier alpha value is -0.100. The van der Waals surface area contributed by atoms with E-state index in [0.29, 0.717) is 6.54 Å². The minimum Gasteiger partial charge on any atom is -0.340 e. The molecule has 1 atom stereocenters. The van der Waals surface area contributed by atoms with Crippen LogP contribution in [0.15, 0.2) is 15.2 Å². The molecule has 1 heterocycles. The largest absolute Gasteiger partial charge is 0.340 e. The van der Waals surface area contributed by atoms with Crippen LogP contribution in [0, 0.1) is 0 Å². The van der Waals surface area contributed by atoms with Crippen LogP contribution < -0.4 is 5.73 Å². The lowest BCUT2D eigenvalue weighted by atomic mass is 10.2. The fourth-order valence-electron chi connectivity index (χ4n) is 1.13. The highest BCUT2D eigenvalue weighted by Crippen LogP contribution is 2.21. The van der Waals surface area contributed by atoms with Gasteiger partial charge in [-0.15, -0.1) is 23.7 Å². The molecule has 0 bridgehead atoms. The summed E-state index contributed by atoms with van der Waals surface area (Å²) in [7, 11) is 1.76. The number of amides is 1. The third kappa shape index (κ3) is 4.51. The van der Waals surface area contributed by atoms with Crippen molar-refractivity contribution in [2.75, 3.05) is 7.05 Å². The van der Waals surface area contributed by atoms with E-state index in [-0.39, 0.29) is 18.3 Å². The first-order valence-electron chi connectivity index (χ1n) is 4.24. The maximum atomic E-state index is 11.4. The fourth-order valence-corrected chi connectivity index (χ4v) is 2.33. The molecule has 1 aromatic heterocycles. The van der Waals surface area contributed by atoms with Gasteiger partial charge in [0.15, 0.2) is 0 Å². The number of halogens is 2. The van der Waals surface area contributed by atoms with Gasteiger partial charge in [0.05, 0.1) is 9.83 Å². The summed E-state index contributed by atoms with van der Waals surface area (Å²) in [5.74, 6) is -0.0349. The van der Waals surface area contributed by atoms with Crippen LogP contribution in [0.3, 0.4) is 0 Å². The van der Waals surface area contributed by atoms with Crippen molar-refractivity contribution in [3.05, 3.63) is 20.8 Å². The average Bonchev–Trinajstić information content (AvgIpc) is 2.49. The molecule has 1 aromatic rings. The van der Waals surface area contributed by atoms with E-state index in [1.807, 2.05) is 11.4 Å². The summed E-state index contributed by atoms with van der Waals surface area (Å²) in [6.07, 6.45) is 0. The number of rotatable bonds is 3. The Morgan fingerprint density at radius 2 is 2.33 bits per heavy atom. The molecule has 6 heteroatoms. The molecule has 0 saturated carbocycles. The van der Waals surface area contributed by atoms with Crippen molar-refractivity contribution in [1.82, 2.24) is 4.90 Å². The Labute approximate surface area is 108 Å². The predicted octanol–water partition coefficient (Wildman–Crippen LogP) is 2.24. The molecule has 0 fully saturated rings. The zero-order valence-corrected chi connectivity index (χ0v) is 11.8. The van der Waals surface area contributed by atoms with Crippen molar-refractivity contribution in [1.29, 1.82) is 0 Å². The summed E-state index contributed by atoms with van der Waals surface area (Å²) in [6, 6.07) is 1.58. The molecule has 0 spiro atoms. The van der Waals surface area contributed by atoms with Crippen LogP contribution in [0.25, 0.3) is 0 Å². The number of likely N-dealkylation sites (N-methyl/N-ethyl adjacent to an activating group) is 1. The van der Waals surface area contributed by atoms with Gasteiger partial charge in [0, 0.05) is 13.6 Å². The number of hydrogen-bond donors (Lipinski definition) is 1. The zero-order chi connectivity index (χ0) is 10.7. The van der Waals surface area contributed by atoms with E-state index in [0.717, 1.165) is 9.35 Å². The van der Waals surface area contributed by atoms with Crippen molar-refractivity contribution >= 4 is 45.6 Å². The Morgan fingerprint density at radius 1 is 1.73 bits per heavy atom. The van der Waals surface area contributed by atoms with Gasteiger partial charge in [0.2, 0.25) is 5.91 Å². The minimum absolute atomic E-state index is 0. The Bertz CT molecular complexity index is 330.